The minimum absolute atomic E-state index is 1.14. The molecule has 63 heavy (non-hydrogen) atoms. The molecule has 0 unspecified atom stereocenters. The molecule has 0 spiro atoms. The Bertz CT molecular complexity index is 3890. The third-order valence-corrected chi connectivity index (χ3v) is 13.0. The molecule has 0 radical (unpaired) electrons. The Morgan fingerprint density at radius 3 is 1.40 bits per heavy atom. The van der Waals surface area contributed by atoms with E-state index in [2.05, 4.69) is 250 Å². The molecule has 3 heterocycles. The fourth-order valence-electron chi connectivity index (χ4n) is 10.3. The zero-order valence-electron chi connectivity index (χ0n) is 34.4. The van der Waals surface area contributed by atoms with Gasteiger partial charge in [0.15, 0.2) is 0 Å². The van der Waals surface area contributed by atoms with Crippen molar-refractivity contribution in [1.82, 2.24) is 13.7 Å². The molecule has 0 N–H and O–H groups in total. The molecule has 0 atom stereocenters. The second-order valence-corrected chi connectivity index (χ2v) is 16.5. The van der Waals surface area contributed by atoms with Gasteiger partial charge in [0.25, 0.3) is 0 Å². The first-order valence-corrected chi connectivity index (χ1v) is 21.7. The van der Waals surface area contributed by atoms with Crippen molar-refractivity contribution in [3.63, 3.8) is 0 Å². The maximum atomic E-state index is 2.45. The van der Waals surface area contributed by atoms with Crippen molar-refractivity contribution in [3.8, 4) is 50.4 Å². The van der Waals surface area contributed by atoms with Crippen LogP contribution in [0.5, 0.6) is 0 Å². The van der Waals surface area contributed by atoms with E-state index < -0.39 is 0 Å². The summed E-state index contributed by atoms with van der Waals surface area (Å²) in [6.45, 7) is 0. The van der Waals surface area contributed by atoms with Gasteiger partial charge >= 0.3 is 0 Å². The van der Waals surface area contributed by atoms with Gasteiger partial charge in [0.1, 0.15) is 0 Å². The van der Waals surface area contributed by atoms with Crippen LogP contribution in [-0.4, -0.2) is 13.7 Å². The molecule has 0 saturated carbocycles. The van der Waals surface area contributed by atoms with E-state index in [1.807, 2.05) is 0 Å². The highest BCUT2D eigenvalue weighted by atomic mass is 15.0. The lowest BCUT2D eigenvalue weighted by Crippen LogP contribution is -1.98. The molecule has 0 bridgehead atoms. The number of fused-ring (bicyclic) bond motifs is 9. The fraction of sp³-hybridized carbons (Fsp3) is 0. The monoisotopic (exact) mass is 801 g/mol. The van der Waals surface area contributed by atoms with E-state index in [-0.39, 0.29) is 0 Å². The topological polar surface area (TPSA) is 14.8 Å². The SMILES string of the molecule is c1ccc(-c2ccccc2-n2c3ccccc3c3cc(-n4c5ccccc5c5cc(-c6ccc7c(c6)c6c(-c8ccccc8)cccc6n7-c6ccccc6)ccc54)ccc32)cc1. The van der Waals surface area contributed by atoms with E-state index in [0.29, 0.717) is 0 Å². The molecule has 0 fully saturated rings. The van der Waals surface area contributed by atoms with E-state index in [0.717, 1.165) is 11.4 Å². The third kappa shape index (κ3) is 5.46. The van der Waals surface area contributed by atoms with Crippen LogP contribution in [0.1, 0.15) is 0 Å². The molecule has 3 aromatic heterocycles. The molecule has 13 aromatic rings. The first-order valence-electron chi connectivity index (χ1n) is 21.7. The van der Waals surface area contributed by atoms with Crippen LogP contribution in [0, 0.1) is 0 Å². The summed E-state index contributed by atoms with van der Waals surface area (Å²) in [5.41, 5.74) is 17.9. The molecule has 0 aliphatic carbocycles. The van der Waals surface area contributed by atoms with Gasteiger partial charge in [0.05, 0.1) is 38.8 Å². The molecular weight excluding hydrogens is 763 g/mol. The zero-order valence-corrected chi connectivity index (χ0v) is 34.4. The largest absolute Gasteiger partial charge is 0.309 e. The number of aromatic nitrogens is 3. The van der Waals surface area contributed by atoms with Crippen LogP contribution in [0.2, 0.25) is 0 Å². The number of benzene rings is 10. The van der Waals surface area contributed by atoms with Crippen LogP contribution in [-0.2, 0) is 0 Å². The maximum Gasteiger partial charge on any atom is 0.0547 e. The van der Waals surface area contributed by atoms with Crippen molar-refractivity contribution < 1.29 is 0 Å². The van der Waals surface area contributed by atoms with Gasteiger partial charge in [0, 0.05) is 49.3 Å². The minimum Gasteiger partial charge on any atom is -0.309 e. The summed E-state index contributed by atoms with van der Waals surface area (Å²) in [5, 5.41) is 7.45. The summed E-state index contributed by atoms with van der Waals surface area (Å²) in [6, 6.07) is 86.4. The van der Waals surface area contributed by atoms with E-state index in [9.17, 15) is 0 Å². The predicted octanol–water partition coefficient (Wildman–Crippen LogP) is 16.0. The molecule has 0 aliphatic heterocycles. The van der Waals surface area contributed by atoms with Crippen molar-refractivity contribution >= 4 is 65.4 Å². The van der Waals surface area contributed by atoms with Crippen molar-refractivity contribution in [3.05, 3.63) is 237 Å². The summed E-state index contributed by atoms with van der Waals surface area (Å²) in [4.78, 5) is 0. The number of rotatable bonds is 6. The number of nitrogens with zero attached hydrogens (tertiary/aromatic N) is 3. The summed E-state index contributed by atoms with van der Waals surface area (Å²) in [6.07, 6.45) is 0. The molecule has 10 aromatic carbocycles. The third-order valence-electron chi connectivity index (χ3n) is 13.0. The molecule has 3 nitrogen and oxygen atoms in total. The van der Waals surface area contributed by atoms with Crippen molar-refractivity contribution in [2.75, 3.05) is 0 Å². The van der Waals surface area contributed by atoms with Gasteiger partial charge in [-0.15, -0.1) is 0 Å². The Morgan fingerprint density at radius 2 is 0.683 bits per heavy atom. The molecule has 3 heteroatoms. The minimum atomic E-state index is 1.14. The lowest BCUT2D eigenvalue weighted by molar-refractivity contribution is 1.17. The van der Waals surface area contributed by atoms with Gasteiger partial charge in [-0.25, -0.2) is 0 Å². The molecule has 0 saturated heterocycles. The Kier molecular flexibility index (Phi) is 7.91. The van der Waals surface area contributed by atoms with Gasteiger partial charge in [0.2, 0.25) is 0 Å². The van der Waals surface area contributed by atoms with E-state index in [4.69, 9.17) is 0 Å². The van der Waals surface area contributed by atoms with Gasteiger partial charge < -0.3 is 13.7 Å². The zero-order chi connectivity index (χ0) is 41.4. The predicted molar refractivity (Wildman–Crippen MR) is 266 cm³/mol. The van der Waals surface area contributed by atoms with Gasteiger partial charge in [-0.05, 0) is 107 Å². The standard InChI is InChI=1S/C60H39N3/c1-4-17-40(18-5-1)46-23-10-13-27-53(46)63-55-29-15-12-25-49(55)51-39-45(33-36-57(51)63)62-54-28-14-11-24-48(54)50-37-42(31-34-56(50)62)43-32-35-58-52(38-43)60-47(41-19-6-2-7-20-41)26-16-30-59(60)61(58)44-21-8-3-9-22-44/h1-39H. The Balaban J connectivity index is 0.993. The van der Waals surface area contributed by atoms with Crippen molar-refractivity contribution in [2.24, 2.45) is 0 Å². The van der Waals surface area contributed by atoms with Gasteiger partial charge in [-0.3, -0.25) is 0 Å². The average Bonchev–Trinajstić information content (AvgIpc) is 4.00. The molecule has 294 valence electrons. The maximum absolute atomic E-state index is 2.45. The molecular formula is C60H39N3. The summed E-state index contributed by atoms with van der Waals surface area (Å²) in [7, 11) is 0. The highest BCUT2D eigenvalue weighted by Crippen LogP contribution is 2.43. The van der Waals surface area contributed by atoms with E-state index in [1.54, 1.807) is 0 Å². The van der Waals surface area contributed by atoms with Crippen LogP contribution in [0.15, 0.2) is 237 Å². The summed E-state index contributed by atoms with van der Waals surface area (Å²) in [5.74, 6) is 0. The highest BCUT2D eigenvalue weighted by molar-refractivity contribution is 6.17. The average molecular weight is 802 g/mol. The van der Waals surface area contributed by atoms with Crippen LogP contribution >= 0.6 is 0 Å². The Hall–Kier alpha value is -8.40. The van der Waals surface area contributed by atoms with Crippen LogP contribution in [0.3, 0.4) is 0 Å². The van der Waals surface area contributed by atoms with Crippen molar-refractivity contribution in [2.45, 2.75) is 0 Å². The first kappa shape index (κ1) is 35.4. The smallest absolute Gasteiger partial charge is 0.0547 e. The summed E-state index contributed by atoms with van der Waals surface area (Å²) >= 11 is 0. The lowest BCUT2D eigenvalue weighted by atomic mass is 9.97. The van der Waals surface area contributed by atoms with E-state index in [1.165, 1.54) is 104 Å². The lowest BCUT2D eigenvalue weighted by Gasteiger charge is -2.14. The first-order chi connectivity index (χ1) is 31.3. The molecule has 0 amide bonds. The van der Waals surface area contributed by atoms with Crippen LogP contribution in [0.4, 0.5) is 0 Å². The second kappa shape index (κ2) is 14.1. The Labute approximate surface area is 364 Å². The molecule has 0 aliphatic rings. The fourth-order valence-corrected chi connectivity index (χ4v) is 10.3. The summed E-state index contributed by atoms with van der Waals surface area (Å²) < 4.78 is 7.29. The van der Waals surface area contributed by atoms with Gasteiger partial charge in [-0.1, -0.05) is 158 Å². The molecule has 13 rings (SSSR count). The van der Waals surface area contributed by atoms with Crippen LogP contribution in [0.25, 0.3) is 116 Å². The van der Waals surface area contributed by atoms with Gasteiger partial charge in [-0.2, -0.15) is 0 Å². The number of hydrogen-bond acceptors (Lipinski definition) is 0. The quantitative estimate of drug-likeness (QED) is 0.159. The second-order valence-electron chi connectivity index (χ2n) is 16.5. The van der Waals surface area contributed by atoms with Crippen molar-refractivity contribution in [1.29, 1.82) is 0 Å². The van der Waals surface area contributed by atoms with E-state index >= 15 is 0 Å². The normalized spacial score (nSPS) is 11.8. The number of para-hydroxylation sites is 4. The van der Waals surface area contributed by atoms with Crippen LogP contribution < -0.4 is 0 Å². The highest BCUT2D eigenvalue weighted by Gasteiger charge is 2.20. The Morgan fingerprint density at radius 1 is 0.222 bits per heavy atom. The number of hydrogen-bond donors (Lipinski definition) is 0.